The van der Waals surface area contributed by atoms with Crippen LogP contribution in [0.15, 0.2) is 42.5 Å². The number of amides is 4. The van der Waals surface area contributed by atoms with Crippen LogP contribution >= 0.6 is 0 Å². The molecule has 0 spiro atoms. The van der Waals surface area contributed by atoms with Crippen molar-refractivity contribution >= 4 is 24.4 Å². The van der Waals surface area contributed by atoms with E-state index in [4.69, 9.17) is 18.9 Å². The van der Waals surface area contributed by atoms with Crippen LogP contribution < -0.4 is 31.9 Å². The lowest BCUT2D eigenvalue weighted by Crippen LogP contribution is -2.57. The molecule has 0 heterocycles. The van der Waals surface area contributed by atoms with E-state index >= 15 is 0 Å². The molecule has 14 heteroatoms. The van der Waals surface area contributed by atoms with Gasteiger partial charge in [-0.3, -0.25) is 31.9 Å². The molecule has 4 amide bonds. The number of hydrogen-bond acceptors (Lipinski definition) is 10. The van der Waals surface area contributed by atoms with Gasteiger partial charge in [-0.05, 0) is 128 Å². The molecule has 0 saturated heterocycles. The van der Waals surface area contributed by atoms with Crippen molar-refractivity contribution in [2.24, 2.45) is 0 Å². The molecular weight excluding hydrogens is 692 g/mol. The van der Waals surface area contributed by atoms with Gasteiger partial charge in [0.05, 0.1) is 0 Å². The third-order valence-electron chi connectivity index (χ3n) is 6.80. The van der Waals surface area contributed by atoms with Crippen molar-refractivity contribution in [3.05, 3.63) is 59.2 Å². The van der Waals surface area contributed by atoms with Crippen LogP contribution in [-0.4, -0.2) is 59.4 Å². The fourth-order valence-electron chi connectivity index (χ4n) is 4.71. The van der Waals surface area contributed by atoms with E-state index in [1.54, 1.807) is 83.1 Å². The number of carbonyl (C=O) groups excluding carboxylic acids is 4. The number of rotatable bonds is 11. The molecule has 0 aliphatic rings. The molecule has 2 aromatic carbocycles. The van der Waals surface area contributed by atoms with Gasteiger partial charge in [0.25, 0.3) is 0 Å². The van der Waals surface area contributed by atoms with Gasteiger partial charge < -0.3 is 18.9 Å². The van der Waals surface area contributed by atoms with Crippen molar-refractivity contribution < 1.29 is 38.1 Å². The molecule has 0 unspecified atom stereocenters. The molecule has 0 aromatic heterocycles. The zero-order chi connectivity index (χ0) is 41.3. The van der Waals surface area contributed by atoms with E-state index in [1.807, 2.05) is 18.2 Å². The van der Waals surface area contributed by atoms with E-state index in [2.05, 4.69) is 76.9 Å². The molecule has 2 rings (SSSR count). The minimum Gasteiger partial charge on any atom is -0.444 e. The second-order valence-electron chi connectivity index (χ2n) is 18.1. The molecular formula is C40H64N6O8. The summed E-state index contributed by atoms with van der Waals surface area (Å²) in [5, 5.41) is 16.9. The van der Waals surface area contributed by atoms with Crippen molar-refractivity contribution in [1.82, 2.24) is 31.9 Å². The molecule has 0 bridgehead atoms. The Morgan fingerprint density at radius 1 is 0.463 bits per heavy atom. The minimum absolute atomic E-state index is 0.0338. The van der Waals surface area contributed by atoms with E-state index < -0.39 is 59.4 Å². The summed E-state index contributed by atoms with van der Waals surface area (Å²) in [6.45, 7) is 27.7. The number of alkyl carbamates (subject to hydrolysis) is 4. The number of nitrogens with one attached hydrogen (secondary N) is 6. The van der Waals surface area contributed by atoms with Crippen molar-refractivity contribution in [3.63, 3.8) is 0 Å². The van der Waals surface area contributed by atoms with Crippen LogP contribution in [-0.2, 0) is 37.5 Å². The van der Waals surface area contributed by atoms with Crippen LogP contribution in [0.25, 0.3) is 11.1 Å². The van der Waals surface area contributed by atoms with Crippen molar-refractivity contribution in [1.29, 1.82) is 0 Å². The standard InChI is InChI=1S/C40H64N6O8/c1-36(2,3)29-18-16-27(17-19-29)28-21-25(23-41-30(43-32(47)51-37(4,5)6)44-33(48)52-38(7,8)9)20-26(22-28)24-42-31(45-34(49)53-39(10,11)12)46-35(50)54-40(13,14)15/h16-22,30-31,41-42H,23-24H2,1-15H3,(H,43,47)(H,44,48)(H,45,49)(H,46,50). The summed E-state index contributed by atoms with van der Waals surface area (Å²) in [5.41, 5.74) is 1.50. The molecule has 0 aliphatic heterocycles. The highest BCUT2D eigenvalue weighted by molar-refractivity contribution is 5.72. The van der Waals surface area contributed by atoms with Gasteiger partial charge in [0.15, 0.2) is 12.6 Å². The summed E-state index contributed by atoms with van der Waals surface area (Å²) in [4.78, 5) is 51.0. The maximum atomic E-state index is 12.7. The van der Waals surface area contributed by atoms with E-state index in [1.165, 1.54) is 5.56 Å². The lowest BCUT2D eigenvalue weighted by molar-refractivity contribution is 0.0382. The van der Waals surface area contributed by atoms with E-state index in [0.29, 0.717) is 0 Å². The van der Waals surface area contributed by atoms with Crippen molar-refractivity contribution in [3.8, 4) is 11.1 Å². The normalized spacial score (nSPS) is 12.5. The third kappa shape index (κ3) is 19.0. The molecule has 0 saturated carbocycles. The van der Waals surface area contributed by atoms with Crippen LogP contribution in [0.2, 0.25) is 0 Å². The number of hydrogen-bond donors (Lipinski definition) is 6. The summed E-state index contributed by atoms with van der Waals surface area (Å²) >= 11 is 0. The number of ether oxygens (including phenoxy) is 4. The van der Waals surface area contributed by atoms with Gasteiger partial charge in [0.2, 0.25) is 0 Å². The topological polar surface area (TPSA) is 177 Å². The average molecular weight is 757 g/mol. The van der Waals surface area contributed by atoms with E-state index in [0.717, 1.165) is 22.3 Å². The maximum absolute atomic E-state index is 12.7. The summed E-state index contributed by atoms with van der Waals surface area (Å²) in [6, 6.07) is 14.2. The van der Waals surface area contributed by atoms with Gasteiger partial charge in [-0.2, -0.15) is 0 Å². The lowest BCUT2D eigenvalue weighted by Gasteiger charge is -2.27. The molecule has 0 atom stereocenters. The average Bonchev–Trinajstić information content (AvgIpc) is 2.94. The Morgan fingerprint density at radius 3 is 1.02 bits per heavy atom. The van der Waals surface area contributed by atoms with Gasteiger partial charge >= 0.3 is 24.4 Å². The molecule has 0 fully saturated rings. The van der Waals surface area contributed by atoms with Crippen LogP contribution in [0.3, 0.4) is 0 Å². The lowest BCUT2D eigenvalue weighted by atomic mass is 9.86. The van der Waals surface area contributed by atoms with Gasteiger partial charge in [-0.25, -0.2) is 19.2 Å². The Kier molecular flexibility index (Phi) is 15.3. The molecule has 54 heavy (non-hydrogen) atoms. The van der Waals surface area contributed by atoms with Crippen LogP contribution in [0.4, 0.5) is 19.2 Å². The molecule has 14 nitrogen and oxygen atoms in total. The Bertz CT molecular complexity index is 1430. The summed E-state index contributed by atoms with van der Waals surface area (Å²) in [7, 11) is 0. The fourth-order valence-corrected chi connectivity index (χ4v) is 4.71. The van der Waals surface area contributed by atoms with Gasteiger partial charge in [-0.1, -0.05) is 51.1 Å². The Hall–Kier alpha value is -4.56. The third-order valence-corrected chi connectivity index (χ3v) is 6.80. The van der Waals surface area contributed by atoms with Crippen molar-refractivity contribution in [2.75, 3.05) is 0 Å². The van der Waals surface area contributed by atoms with Crippen LogP contribution in [0.1, 0.15) is 121 Å². The molecule has 6 N–H and O–H groups in total. The molecule has 2 aromatic rings. The number of carbonyl (C=O) groups is 4. The summed E-state index contributed by atoms with van der Waals surface area (Å²) in [6.07, 6.45) is -5.09. The van der Waals surface area contributed by atoms with Gasteiger partial charge in [-0.15, -0.1) is 0 Å². The first-order valence-corrected chi connectivity index (χ1v) is 18.1. The predicted molar refractivity (Wildman–Crippen MR) is 209 cm³/mol. The van der Waals surface area contributed by atoms with Crippen molar-refractivity contribution in [2.45, 2.75) is 157 Å². The van der Waals surface area contributed by atoms with Crippen LogP contribution in [0.5, 0.6) is 0 Å². The maximum Gasteiger partial charge on any atom is 0.410 e. The van der Waals surface area contributed by atoms with E-state index in [-0.39, 0.29) is 18.5 Å². The molecule has 0 radical (unpaired) electrons. The summed E-state index contributed by atoms with van der Waals surface area (Å²) in [5.74, 6) is 0. The Labute approximate surface area is 321 Å². The monoisotopic (exact) mass is 756 g/mol. The van der Waals surface area contributed by atoms with Crippen LogP contribution in [0, 0.1) is 0 Å². The smallest absolute Gasteiger partial charge is 0.410 e. The first-order valence-electron chi connectivity index (χ1n) is 18.1. The Morgan fingerprint density at radius 2 is 0.759 bits per heavy atom. The predicted octanol–water partition coefficient (Wildman–Crippen LogP) is 7.50. The van der Waals surface area contributed by atoms with Gasteiger partial charge in [0, 0.05) is 13.1 Å². The van der Waals surface area contributed by atoms with E-state index in [9.17, 15) is 19.2 Å². The highest BCUT2D eigenvalue weighted by Gasteiger charge is 2.25. The summed E-state index contributed by atoms with van der Waals surface area (Å²) < 4.78 is 21.7. The second kappa shape index (κ2) is 18.2. The van der Waals surface area contributed by atoms with Gasteiger partial charge in [0.1, 0.15) is 22.4 Å². The first-order chi connectivity index (χ1) is 24.5. The zero-order valence-electron chi connectivity index (χ0n) is 34.9. The highest BCUT2D eigenvalue weighted by Crippen LogP contribution is 2.28. The second-order valence-corrected chi connectivity index (χ2v) is 18.1. The SMILES string of the molecule is CC(C)(C)OC(=O)NC(NCc1cc(CNC(NC(=O)OC(C)(C)C)NC(=O)OC(C)(C)C)cc(-c2ccc(C(C)(C)C)cc2)c1)NC(=O)OC(C)(C)C. The highest BCUT2D eigenvalue weighted by atomic mass is 16.6. The number of benzene rings is 2. The Balaban J connectivity index is 2.48. The fraction of sp³-hybridized carbons (Fsp3) is 0.600. The largest absolute Gasteiger partial charge is 0.444 e. The first kappa shape index (κ1) is 45.6. The zero-order valence-corrected chi connectivity index (χ0v) is 34.9. The molecule has 0 aliphatic carbocycles. The quantitative estimate of drug-likeness (QED) is 0.0994. The minimum atomic E-state index is -1.06. The molecule has 302 valence electrons.